The van der Waals surface area contributed by atoms with Gasteiger partial charge in [0.2, 0.25) is 5.91 Å². The number of carbonyl (C=O) groups is 1. The van der Waals surface area contributed by atoms with E-state index in [0.717, 1.165) is 19.4 Å². The van der Waals surface area contributed by atoms with Crippen LogP contribution >= 0.6 is 0 Å². The largest absolute Gasteiger partial charge is 0.493 e. The Labute approximate surface area is 111 Å². The van der Waals surface area contributed by atoms with Gasteiger partial charge in [0.1, 0.15) is 0 Å². The molecule has 0 spiro atoms. The SMILES string of the molecule is COc1cc(F)c(NC(=O)C2CCCN2)cc1OC. The molecule has 0 radical (unpaired) electrons. The lowest BCUT2D eigenvalue weighted by Gasteiger charge is -2.14. The second kappa shape index (κ2) is 5.88. The van der Waals surface area contributed by atoms with Crippen LogP contribution in [-0.2, 0) is 4.79 Å². The maximum absolute atomic E-state index is 13.8. The lowest BCUT2D eigenvalue weighted by atomic mass is 10.2. The van der Waals surface area contributed by atoms with Gasteiger partial charge in [-0.2, -0.15) is 0 Å². The first-order chi connectivity index (χ1) is 9.15. The zero-order chi connectivity index (χ0) is 13.8. The summed E-state index contributed by atoms with van der Waals surface area (Å²) in [4.78, 5) is 11.9. The molecule has 19 heavy (non-hydrogen) atoms. The molecule has 6 heteroatoms. The van der Waals surface area contributed by atoms with Crippen molar-refractivity contribution in [2.75, 3.05) is 26.1 Å². The van der Waals surface area contributed by atoms with Gasteiger partial charge in [-0.25, -0.2) is 4.39 Å². The van der Waals surface area contributed by atoms with Gasteiger partial charge in [-0.1, -0.05) is 0 Å². The third-order valence-electron chi connectivity index (χ3n) is 3.11. The Balaban J connectivity index is 2.17. The van der Waals surface area contributed by atoms with Gasteiger partial charge in [0.25, 0.3) is 0 Å². The first-order valence-corrected chi connectivity index (χ1v) is 6.11. The van der Waals surface area contributed by atoms with Crippen molar-refractivity contribution >= 4 is 11.6 Å². The minimum absolute atomic E-state index is 0.0938. The van der Waals surface area contributed by atoms with E-state index in [0.29, 0.717) is 5.75 Å². The van der Waals surface area contributed by atoms with Crippen LogP contribution < -0.4 is 20.1 Å². The van der Waals surface area contributed by atoms with Crippen LogP contribution in [0.2, 0.25) is 0 Å². The number of anilines is 1. The van der Waals surface area contributed by atoms with E-state index in [1.807, 2.05) is 0 Å². The van der Waals surface area contributed by atoms with Crippen LogP contribution in [0.4, 0.5) is 10.1 Å². The molecule has 1 saturated heterocycles. The number of benzene rings is 1. The number of carbonyl (C=O) groups excluding carboxylic acids is 1. The van der Waals surface area contributed by atoms with E-state index in [1.165, 1.54) is 26.4 Å². The molecule has 104 valence electrons. The molecule has 0 aliphatic carbocycles. The second-order valence-corrected chi connectivity index (χ2v) is 4.33. The van der Waals surface area contributed by atoms with E-state index < -0.39 is 5.82 Å². The normalized spacial score (nSPS) is 18.2. The van der Waals surface area contributed by atoms with E-state index >= 15 is 0 Å². The Hall–Kier alpha value is -1.82. The molecule has 1 aromatic carbocycles. The van der Waals surface area contributed by atoms with E-state index in [9.17, 15) is 9.18 Å². The van der Waals surface area contributed by atoms with Crippen LogP contribution in [0.5, 0.6) is 11.5 Å². The van der Waals surface area contributed by atoms with Crippen LogP contribution in [-0.4, -0.2) is 32.7 Å². The molecule has 0 saturated carbocycles. The molecule has 1 unspecified atom stereocenters. The number of hydrogen-bond acceptors (Lipinski definition) is 4. The van der Waals surface area contributed by atoms with Crippen molar-refractivity contribution in [2.24, 2.45) is 0 Å². The van der Waals surface area contributed by atoms with Crippen molar-refractivity contribution in [3.63, 3.8) is 0 Å². The van der Waals surface area contributed by atoms with Gasteiger partial charge in [-0.3, -0.25) is 4.79 Å². The number of rotatable bonds is 4. The standard InChI is InChI=1S/C13H17FN2O3/c1-18-11-6-8(14)10(7-12(11)19-2)16-13(17)9-4-3-5-15-9/h6-7,9,15H,3-5H2,1-2H3,(H,16,17). The number of ether oxygens (including phenoxy) is 2. The van der Waals surface area contributed by atoms with Gasteiger partial charge < -0.3 is 20.1 Å². The first-order valence-electron chi connectivity index (χ1n) is 6.11. The predicted molar refractivity (Wildman–Crippen MR) is 69.2 cm³/mol. The molecule has 2 N–H and O–H groups in total. The lowest BCUT2D eigenvalue weighted by molar-refractivity contribution is -0.117. The van der Waals surface area contributed by atoms with E-state index in [1.54, 1.807) is 0 Å². The molecule has 1 aliphatic heterocycles. The fraction of sp³-hybridized carbons (Fsp3) is 0.462. The van der Waals surface area contributed by atoms with Crippen molar-refractivity contribution < 1.29 is 18.7 Å². The second-order valence-electron chi connectivity index (χ2n) is 4.33. The zero-order valence-electron chi connectivity index (χ0n) is 11.0. The van der Waals surface area contributed by atoms with Crippen LogP contribution in [0.3, 0.4) is 0 Å². The van der Waals surface area contributed by atoms with Crippen LogP contribution in [0.1, 0.15) is 12.8 Å². The average Bonchev–Trinajstić information content (AvgIpc) is 2.94. The summed E-state index contributed by atoms with van der Waals surface area (Å²) < 4.78 is 23.9. The Kier molecular flexibility index (Phi) is 4.21. The summed E-state index contributed by atoms with van der Waals surface area (Å²) in [6.07, 6.45) is 1.72. The molecule has 1 aromatic rings. The molecule has 0 aromatic heterocycles. The van der Waals surface area contributed by atoms with Gasteiger partial charge in [-0.15, -0.1) is 0 Å². The highest BCUT2D eigenvalue weighted by Crippen LogP contribution is 2.32. The maximum Gasteiger partial charge on any atom is 0.241 e. The third-order valence-corrected chi connectivity index (χ3v) is 3.11. The smallest absolute Gasteiger partial charge is 0.241 e. The summed E-state index contributed by atoms with van der Waals surface area (Å²) >= 11 is 0. The average molecular weight is 268 g/mol. The van der Waals surface area contributed by atoms with Crippen LogP contribution in [0, 0.1) is 5.82 Å². The quantitative estimate of drug-likeness (QED) is 0.869. The molecule has 0 bridgehead atoms. The lowest BCUT2D eigenvalue weighted by Crippen LogP contribution is -2.35. The minimum atomic E-state index is -0.552. The van der Waals surface area contributed by atoms with Crippen LogP contribution in [0.15, 0.2) is 12.1 Å². The van der Waals surface area contributed by atoms with E-state index in [4.69, 9.17) is 9.47 Å². The van der Waals surface area contributed by atoms with E-state index in [-0.39, 0.29) is 23.4 Å². The molecule has 1 fully saturated rings. The summed E-state index contributed by atoms with van der Waals surface area (Å²) in [5.74, 6) is -0.122. The van der Waals surface area contributed by atoms with E-state index in [2.05, 4.69) is 10.6 Å². The summed E-state index contributed by atoms with van der Waals surface area (Å²) in [7, 11) is 2.89. The monoisotopic (exact) mass is 268 g/mol. The number of methoxy groups -OCH3 is 2. The summed E-state index contributed by atoms with van der Waals surface area (Å²) in [6, 6.07) is 2.35. The van der Waals surface area contributed by atoms with Gasteiger partial charge in [0.05, 0.1) is 25.9 Å². The minimum Gasteiger partial charge on any atom is -0.493 e. The molecule has 1 amide bonds. The fourth-order valence-corrected chi connectivity index (χ4v) is 2.08. The van der Waals surface area contributed by atoms with Gasteiger partial charge in [0.15, 0.2) is 17.3 Å². The number of nitrogens with one attached hydrogen (secondary N) is 2. The topological polar surface area (TPSA) is 59.6 Å². The van der Waals surface area contributed by atoms with Crippen molar-refractivity contribution in [1.29, 1.82) is 0 Å². The van der Waals surface area contributed by atoms with Crippen molar-refractivity contribution in [2.45, 2.75) is 18.9 Å². The highest BCUT2D eigenvalue weighted by Gasteiger charge is 2.23. The van der Waals surface area contributed by atoms with Crippen LogP contribution in [0.25, 0.3) is 0 Å². The molecular weight excluding hydrogens is 251 g/mol. The Morgan fingerprint density at radius 3 is 2.63 bits per heavy atom. The molecule has 1 aliphatic rings. The first kappa shape index (κ1) is 13.6. The third kappa shape index (κ3) is 2.96. The maximum atomic E-state index is 13.8. The Morgan fingerprint density at radius 2 is 2.05 bits per heavy atom. The Bertz CT molecular complexity index is 473. The molecule has 2 rings (SSSR count). The molecular formula is C13H17FN2O3. The number of amides is 1. The van der Waals surface area contributed by atoms with Crippen molar-refractivity contribution in [1.82, 2.24) is 5.32 Å². The fourth-order valence-electron chi connectivity index (χ4n) is 2.08. The zero-order valence-corrected chi connectivity index (χ0v) is 11.0. The summed E-state index contributed by atoms with van der Waals surface area (Å²) in [6.45, 7) is 0.812. The van der Waals surface area contributed by atoms with Gasteiger partial charge >= 0.3 is 0 Å². The molecule has 1 atom stereocenters. The van der Waals surface area contributed by atoms with Gasteiger partial charge in [0, 0.05) is 12.1 Å². The van der Waals surface area contributed by atoms with Crippen molar-refractivity contribution in [3.05, 3.63) is 17.9 Å². The highest BCUT2D eigenvalue weighted by molar-refractivity contribution is 5.95. The van der Waals surface area contributed by atoms with Crippen molar-refractivity contribution in [3.8, 4) is 11.5 Å². The number of halogens is 1. The predicted octanol–water partition coefficient (Wildman–Crippen LogP) is 1.53. The summed E-state index contributed by atoms with van der Waals surface area (Å²) in [5, 5.41) is 5.62. The van der Waals surface area contributed by atoms with Gasteiger partial charge in [-0.05, 0) is 19.4 Å². The summed E-state index contributed by atoms with van der Waals surface area (Å²) in [5.41, 5.74) is 0.0938. The molecule has 5 nitrogen and oxygen atoms in total. The Morgan fingerprint density at radius 1 is 1.37 bits per heavy atom. The highest BCUT2D eigenvalue weighted by atomic mass is 19.1. The molecule has 1 heterocycles. The number of hydrogen-bond donors (Lipinski definition) is 2.